The smallest absolute Gasteiger partial charge is 0.331 e. The number of carbonyl (C=O) groups is 1. The minimum Gasteiger partial charge on any atom is -0.495 e. The van der Waals surface area contributed by atoms with Crippen LogP contribution in [0.15, 0.2) is 11.8 Å². The highest BCUT2D eigenvalue weighted by atomic mass is 16.5. The van der Waals surface area contributed by atoms with Crippen molar-refractivity contribution in [1.82, 2.24) is 4.90 Å². The second kappa shape index (κ2) is 4.92. The van der Waals surface area contributed by atoms with Gasteiger partial charge in [-0.2, -0.15) is 0 Å². The van der Waals surface area contributed by atoms with Gasteiger partial charge in [-0.25, -0.2) is 4.79 Å². The summed E-state index contributed by atoms with van der Waals surface area (Å²) in [5.74, 6) is -0.484. The van der Waals surface area contributed by atoms with E-state index >= 15 is 0 Å². The van der Waals surface area contributed by atoms with Crippen LogP contribution < -0.4 is 0 Å². The van der Waals surface area contributed by atoms with E-state index in [-0.39, 0.29) is 17.2 Å². The van der Waals surface area contributed by atoms with Crippen LogP contribution in [0.25, 0.3) is 0 Å². The van der Waals surface area contributed by atoms with Gasteiger partial charge in [0.2, 0.25) is 0 Å². The first-order valence-electron chi connectivity index (χ1n) is 6.36. The molecule has 0 atom stereocenters. The number of hydrogen-bond donors (Lipinski definition) is 1. The molecule has 4 heteroatoms. The summed E-state index contributed by atoms with van der Waals surface area (Å²) in [6.07, 6.45) is 3.00. The second-order valence-corrected chi connectivity index (χ2v) is 6.43. The molecule has 4 nitrogen and oxygen atoms in total. The molecule has 1 N–H and O–H groups in total. The Morgan fingerprint density at radius 3 is 2.11 bits per heavy atom. The summed E-state index contributed by atoms with van der Waals surface area (Å²) < 4.78 is 5.78. The van der Waals surface area contributed by atoms with E-state index < -0.39 is 5.97 Å². The van der Waals surface area contributed by atoms with Crippen molar-refractivity contribution < 1.29 is 14.6 Å². The van der Waals surface area contributed by atoms with E-state index in [1.54, 1.807) is 6.92 Å². The fourth-order valence-electron chi connectivity index (χ4n) is 2.83. The van der Waals surface area contributed by atoms with E-state index in [0.29, 0.717) is 5.76 Å². The summed E-state index contributed by atoms with van der Waals surface area (Å²) in [6, 6.07) is 0. The first kappa shape index (κ1) is 15.0. The Morgan fingerprint density at radius 1 is 1.28 bits per heavy atom. The summed E-state index contributed by atoms with van der Waals surface area (Å²) in [4.78, 5) is 13.0. The van der Waals surface area contributed by atoms with Crippen molar-refractivity contribution in [3.63, 3.8) is 0 Å². The number of carboxylic acid groups (broad SMARTS) is 1. The van der Waals surface area contributed by atoms with Gasteiger partial charge in [0.25, 0.3) is 0 Å². The molecule has 0 saturated carbocycles. The Balaban J connectivity index is 2.78. The summed E-state index contributed by atoms with van der Waals surface area (Å²) in [5, 5.41) is 8.70. The molecular weight excluding hydrogens is 230 g/mol. The molecule has 1 aliphatic rings. The summed E-state index contributed by atoms with van der Waals surface area (Å²) in [5.41, 5.74) is 0.103. The molecule has 0 unspecified atom stereocenters. The molecule has 1 aliphatic heterocycles. The molecule has 0 aromatic rings. The molecule has 0 spiro atoms. The third-order valence-corrected chi connectivity index (χ3v) is 3.95. The molecule has 0 amide bonds. The fraction of sp³-hybridized carbons (Fsp3) is 0.786. The molecule has 1 heterocycles. The maximum absolute atomic E-state index is 10.6. The summed E-state index contributed by atoms with van der Waals surface area (Å²) in [6.45, 7) is 10.5. The van der Waals surface area contributed by atoms with Crippen molar-refractivity contribution in [2.24, 2.45) is 0 Å². The van der Waals surface area contributed by atoms with E-state index in [4.69, 9.17) is 9.84 Å². The Bertz CT molecular complexity index is 340. The van der Waals surface area contributed by atoms with Crippen LogP contribution in [0, 0.1) is 0 Å². The number of piperidine rings is 1. The first-order valence-corrected chi connectivity index (χ1v) is 6.36. The normalized spacial score (nSPS) is 24.9. The molecule has 0 bridgehead atoms. The largest absolute Gasteiger partial charge is 0.495 e. The highest BCUT2D eigenvalue weighted by Crippen LogP contribution is 2.38. The van der Waals surface area contributed by atoms with Gasteiger partial charge in [-0.1, -0.05) is 0 Å². The Hall–Kier alpha value is -1.03. The average Bonchev–Trinajstić information content (AvgIpc) is 2.11. The zero-order valence-electron chi connectivity index (χ0n) is 12.3. The van der Waals surface area contributed by atoms with Crippen LogP contribution in [0.2, 0.25) is 0 Å². The lowest BCUT2D eigenvalue weighted by molar-refractivity contribution is -0.131. The van der Waals surface area contributed by atoms with Gasteiger partial charge in [-0.15, -0.1) is 0 Å². The predicted octanol–water partition coefficient (Wildman–Crippen LogP) is 2.64. The van der Waals surface area contributed by atoms with Crippen molar-refractivity contribution in [3.8, 4) is 0 Å². The number of nitrogens with zero attached hydrogens (tertiary/aromatic N) is 1. The van der Waals surface area contributed by atoms with Crippen LogP contribution >= 0.6 is 0 Å². The zero-order chi connectivity index (χ0) is 14.1. The number of ether oxygens (including phenoxy) is 1. The predicted molar refractivity (Wildman–Crippen MR) is 71.4 cm³/mol. The van der Waals surface area contributed by atoms with E-state index in [1.807, 2.05) is 0 Å². The number of allylic oxidation sites excluding steroid dienone is 1. The molecule has 18 heavy (non-hydrogen) atoms. The first-order chi connectivity index (χ1) is 8.04. The van der Waals surface area contributed by atoms with E-state index in [1.165, 1.54) is 0 Å². The van der Waals surface area contributed by atoms with Crippen LogP contribution in [-0.2, 0) is 9.53 Å². The number of hydrogen-bond acceptors (Lipinski definition) is 3. The third kappa shape index (κ3) is 3.48. The fourth-order valence-corrected chi connectivity index (χ4v) is 2.83. The van der Waals surface area contributed by atoms with E-state index in [9.17, 15) is 4.79 Å². The summed E-state index contributed by atoms with van der Waals surface area (Å²) >= 11 is 0. The van der Waals surface area contributed by atoms with Crippen molar-refractivity contribution in [3.05, 3.63) is 11.8 Å². The van der Waals surface area contributed by atoms with Crippen molar-refractivity contribution in [2.75, 3.05) is 7.05 Å². The SMILES string of the molecule is C/C(=C/C(=O)O)OC1CC(C)(C)N(C)C(C)(C)C1. The van der Waals surface area contributed by atoms with E-state index in [0.717, 1.165) is 18.9 Å². The van der Waals surface area contributed by atoms with Crippen LogP contribution in [0.3, 0.4) is 0 Å². The van der Waals surface area contributed by atoms with Gasteiger partial charge in [-0.3, -0.25) is 4.90 Å². The molecule has 0 radical (unpaired) electrons. The molecule has 0 aliphatic carbocycles. The van der Waals surface area contributed by atoms with Gasteiger partial charge in [0.05, 0.1) is 6.08 Å². The van der Waals surface area contributed by atoms with Gasteiger partial charge in [-0.05, 0) is 41.7 Å². The molecule has 0 aromatic heterocycles. The summed E-state index contributed by atoms with van der Waals surface area (Å²) in [7, 11) is 2.14. The van der Waals surface area contributed by atoms with Gasteiger partial charge < -0.3 is 9.84 Å². The monoisotopic (exact) mass is 255 g/mol. The number of carboxylic acids is 1. The molecule has 1 fully saturated rings. The number of rotatable bonds is 3. The zero-order valence-corrected chi connectivity index (χ0v) is 12.3. The van der Waals surface area contributed by atoms with Crippen LogP contribution in [0.4, 0.5) is 0 Å². The lowest BCUT2D eigenvalue weighted by Gasteiger charge is -2.53. The van der Waals surface area contributed by atoms with Gasteiger partial charge in [0, 0.05) is 23.9 Å². The Labute approximate surface area is 110 Å². The van der Waals surface area contributed by atoms with E-state index in [2.05, 4.69) is 39.6 Å². The van der Waals surface area contributed by atoms with Gasteiger partial charge in [0.15, 0.2) is 0 Å². The minimum absolute atomic E-state index is 0.0515. The Morgan fingerprint density at radius 2 is 1.72 bits per heavy atom. The second-order valence-electron chi connectivity index (χ2n) is 6.43. The van der Waals surface area contributed by atoms with Crippen LogP contribution in [0.5, 0.6) is 0 Å². The standard InChI is InChI=1S/C14H25NO3/c1-10(7-12(16)17)18-11-8-13(2,3)15(6)14(4,5)9-11/h7,11H,8-9H2,1-6H3,(H,16,17)/b10-7-. The highest BCUT2D eigenvalue weighted by molar-refractivity contribution is 5.80. The maximum atomic E-state index is 10.6. The maximum Gasteiger partial charge on any atom is 0.331 e. The highest BCUT2D eigenvalue weighted by Gasteiger charge is 2.43. The molecule has 1 rings (SSSR count). The minimum atomic E-state index is -0.959. The van der Waals surface area contributed by atoms with Crippen molar-refractivity contribution >= 4 is 5.97 Å². The van der Waals surface area contributed by atoms with Crippen LogP contribution in [-0.4, -0.2) is 40.2 Å². The molecule has 104 valence electrons. The quantitative estimate of drug-likeness (QED) is 0.622. The van der Waals surface area contributed by atoms with Crippen molar-refractivity contribution in [2.45, 2.75) is 64.6 Å². The average molecular weight is 255 g/mol. The Kier molecular flexibility index (Phi) is 4.11. The lowest BCUT2D eigenvalue weighted by Crippen LogP contribution is -2.60. The molecule has 1 saturated heterocycles. The molecular formula is C14H25NO3. The topological polar surface area (TPSA) is 49.8 Å². The van der Waals surface area contributed by atoms with Gasteiger partial charge >= 0.3 is 5.97 Å². The number of likely N-dealkylation sites (tertiary alicyclic amines) is 1. The third-order valence-electron chi connectivity index (χ3n) is 3.95. The van der Waals surface area contributed by atoms with Crippen LogP contribution in [0.1, 0.15) is 47.5 Å². The number of aliphatic carboxylic acids is 1. The molecule has 0 aromatic carbocycles. The van der Waals surface area contributed by atoms with Crippen molar-refractivity contribution in [1.29, 1.82) is 0 Å². The lowest BCUT2D eigenvalue weighted by atomic mass is 9.79. The van der Waals surface area contributed by atoms with Gasteiger partial charge in [0.1, 0.15) is 11.9 Å².